The molecule has 0 amide bonds. The first-order chi connectivity index (χ1) is 9.20. The van der Waals surface area contributed by atoms with E-state index in [0.717, 1.165) is 28.0 Å². The van der Waals surface area contributed by atoms with Gasteiger partial charge in [0.2, 0.25) is 0 Å². The Morgan fingerprint density at radius 2 is 2.11 bits per heavy atom. The normalized spacial score (nSPS) is 10.6. The monoisotopic (exact) mass is 248 g/mol. The highest BCUT2D eigenvalue weighted by molar-refractivity contribution is 5.83. The molecule has 0 bridgehead atoms. The lowest BCUT2D eigenvalue weighted by atomic mass is 10.0. The van der Waals surface area contributed by atoms with Crippen molar-refractivity contribution < 1.29 is 0 Å². The van der Waals surface area contributed by atoms with Crippen molar-refractivity contribution in [2.75, 3.05) is 0 Å². The first-order valence-electron chi connectivity index (χ1n) is 5.98. The fourth-order valence-corrected chi connectivity index (χ4v) is 2.22. The number of nitrogens with zero attached hydrogens (tertiary/aromatic N) is 4. The number of aryl methyl sites for hydroxylation is 2. The van der Waals surface area contributed by atoms with Crippen LogP contribution in [0.15, 0.2) is 36.7 Å². The summed E-state index contributed by atoms with van der Waals surface area (Å²) in [6.45, 7) is 1.98. The smallest absolute Gasteiger partial charge is 0.106 e. The lowest BCUT2D eigenvalue weighted by molar-refractivity contribution is 0.886. The molecule has 4 nitrogen and oxygen atoms in total. The maximum absolute atomic E-state index is 9.13. The summed E-state index contributed by atoms with van der Waals surface area (Å²) < 4.78 is 2.05. The number of rotatable bonds is 1. The molecule has 2 heterocycles. The van der Waals surface area contributed by atoms with Crippen molar-refractivity contribution in [3.63, 3.8) is 0 Å². The SMILES string of the molecule is Cc1nc2cc(-c3ccncc3C#N)ccc2n1C. The molecule has 3 rings (SSSR count). The number of hydrogen-bond acceptors (Lipinski definition) is 3. The van der Waals surface area contributed by atoms with Crippen LogP contribution in [-0.4, -0.2) is 14.5 Å². The van der Waals surface area contributed by atoms with Crippen molar-refractivity contribution in [3.05, 3.63) is 48.0 Å². The highest BCUT2D eigenvalue weighted by Crippen LogP contribution is 2.26. The Bertz CT molecular complexity index is 809. The van der Waals surface area contributed by atoms with E-state index in [4.69, 9.17) is 5.26 Å². The van der Waals surface area contributed by atoms with Gasteiger partial charge in [0.05, 0.1) is 16.6 Å². The molecule has 19 heavy (non-hydrogen) atoms. The molecule has 92 valence electrons. The summed E-state index contributed by atoms with van der Waals surface area (Å²) in [5.41, 5.74) is 4.49. The Kier molecular flexibility index (Phi) is 2.53. The van der Waals surface area contributed by atoms with Crippen LogP contribution in [0.1, 0.15) is 11.4 Å². The molecular weight excluding hydrogens is 236 g/mol. The number of fused-ring (bicyclic) bond motifs is 1. The molecule has 0 saturated heterocycles. The molecule has 2 aromatic heterocycles. The van der Waals surface area contributed by atoms with Gasteiger partial charge in [0.25, 0.3) is 0 Å². The zero-order chi connectivity index (χ0) is 13.4. The Morgan fingerprint density at radius 1 is 1.26 bits per heavy atom. The second-order valence-electron chi connectivity index (χ2n) is 4.45. The standard InChI is InChI=1S/C15H12N4/c1-10-18-14-7-11(3-4-15(14)19(10)2)13-5-6-17-9-12(13)8-16/h3-7,9H,1-2H3. The molecular formula is C15H12N4. The molecule has 0 N–H and O–H groups in total. The predicted octanol–water partition coefficient (Wildman–Crippen LogP) is 2.82. The third kappa shape index (κ3) is 1.76. The predicted molar refractivity (Wildman–Crippen MR) is 73.4 cm³/mol. The van der Waals surface area contributed by atoms with Crippen LogP contribution >= 0.6 is 0 Å². The van der Waals surface area contributed by atoms with E-state index in [0.29, 0.717) is 5.56 Å². The maximum Gasteiger partial charge on any atom is 0.106 e. The van der Waals surface area contributed by atoms with E-state index < -0.39 is 0 Å². The molecule has 0 fully saturated rings. The Hall–Kier alpha value is -2.67. The van der Waals surface area contributed by atoms with E-state index in [-0.39, 0.29) is 0 Å². The lowest BCUT2D eigenvalue weighted by Gasteiger charge is -2.03. The van der Waals surface area contributed by atoms with Gasteiger partial charge in [0.1, 0.15) is 11.9 Å². The molecule has 0 saturated carbocycles. The van der Waals surface area contributed by atoms with Gasteiger partial charge in [-0.25, -0.2) is 4.98 Å². The van der Waals surface area contributed by atoms with Crippen LogP contribution in [0.5, 0.6) is 0 Å². The number of imidazole rings is 1. The largest absolute Gasteiger partial charge is 0.331 e. The molecule has 0 aliphatic rings. The van der Waals surface area contributed by atoms with Crippen LogP contribution in [0, 0.1) is 18.3 Å². The zero-order valence-electron chi connectivity index (χ0n) is 10.8. The second-order valence-corrected chi connectivity index (χ2v) is 4.45. The average Bonchev–Trinajstić information content (AvgIpc) is 2.73. The minimum absolute atomic E-state index is 0.578. The van der Waals surface area contributed by atoms with Crippen LogP contribution < -0.4 is 0 Å². The summed E-state index contributed by atoms with van der Waals surface area (Å²) in [4.78, 5) is 8.50. The zero-order valence-corrected chi connectivity index (χ0v) is 10.8. The van der Waals surface area contributed by atoms with Gasteiger partial charge in [-0.05, 0) is 30.7 Å². The number of aromatic nitrogens is 3. The molecule has 3 aromatic rings. The van der Waals surface area contributed by atoms with Gasteiger partial charge in [-0.2, -0.15) is 5.26 Å². The number of nitriles is 1. The fraction of sp³-hybridized carbons (Fsp3) is 0.133. The van der Waals surface area contributed by atoms with E-state index in [1.54, 1.807) is 12.4 Å². The van der Waals surface area contributed by atoms with Crippen molar-refractivity contribution in [1.82, 2.24) is 14.5 Å². The summed E-state index contributed by atoms with van der Waals surface area (Å²) in [7, 11) is 2.00. The summed E-state index contributed by atoms with van der Waals surface area (Å²) in [5.74, 6) is 0.974. The lowest BCUT2D eigenvalue weighted by Crippen LogP contribution is -1.90. The maximum atomic E-state index is 9.13. The van der Waals surface area contributed by atoms with Gasteiger partial charge in [-0.1, -0.05) is 6.07 Å². The van der Waals surface area contributed by atoms with E-state index >= 15 is 0 Å². The van der Waals surface area contributed by atoms with E-state index in [2.05, 4.69) is 20.6 Å². The summed E-state index contributed by atoms with van der Waals surface area (Å²) in [5, 5.41) is 9.13. The quantitative estimate of drug-likeness (QED) is 0.665. The minimum atomic E-state index is 0.578. The summed E-state index contributed by atoms with van der Waals surface area (Å²) in [6, 6.07) is 10.1. The van der Waals surface area contributed by atoms with Crippen LogP contribution in [0.3, 0.4) is 0 Å². The third-order valence-corrected chi connectivity index (χ3v) is 3.36. The van der Waals surface area contributed by atoms with Crippen molar-refractivity contribution in [2.24, 2.45) is 7.05 Å². The van der Waals surface area contributed by atoms with Crippen LogP contribution in [0.2, 0.25) is 0 Å². The Labute approximate surface area is 111 Å². The van der Waals surface area contributed by atoms with Crippen LogP contribution in [0.25, 0.3) is 22.2 Å². The molecule has 4 heteroatoms. The second kappa shape index (κ2) is 4.21. The average molecular weight is 248 g/mol. The minimum Gasteiger partial charge on any atom is -0.331 e. The Morgan fingerprint density at radius 3 is 2.89 bits per heavy atom. The fourth-order valence-electron chi connectivity index (χ4n) is 2.22. The van der Waals surface area contributed by atoms with Crippen molar-refractivity contribution in [3.8, 4) is 17.2 Å². The highest BCUT2D eigenvalue weighted by Gasteiger charge is 2.08. The van der Waals surface area contributed by atoms with Crippen LogP contribution in [0.4, 0.5) is 0 Å². The molecule has 0 atom stereocenters. The van der Waals surface area contributed by atoms with E-state index in [9.17, 15) is 0 Å². The summed E-state index contributed by atoms with van der Waals surface area (Å²) >= 11 is 0. The van der Waals surface area contributed by atoms with Crippen molar-refractivity contribution in [1.29, 1.82) is 5.26 Å². The van der Waals surface area contributed by atoms with E-state index in [1.165, 1.54) is 0 Å². The first-order valence-corrected chi connectivity index (χ1v) is 5.98. The molecule has 0 radical (unpaired) electrons. The van der Waals surface area contributed by atoms with E-state index in [1.807, 2.05) is 38.2 Å². The van der Waals surface area contributed by atoms with Crippen molar-refractivity contribution in [2.45, 2.75) is 6.92 Å². The Balaban J connectivity index is 2.24. The van der Waals surface area contributed by atoms with Gasteiger partial charge in [-0.15, -0.1) is 0 Å². The number of benzene rings is 1. The van der Waals surface area contributed by atoms with Gasteiger partial charge >= 0.3 is 0 Å². The molecule has 0 spiro atoms. The van der Waals surface area contributed by atoms with Gasteiger partial charge < -0.3 is 4.57 Å². The highest BCUT2D eigenvalue weighted by atomic mass is 15.0. The first kappa shape index (κ1) is 11.4. The molecule has 0 aliphatic carbocycles. The topological polar surface area (TPSA) is 54.5 Å². The van der Waals surface area contributed by atoms with Gasteiger partial charge in [0.15, 0.2) is 0 Å². The molecule has 0 aliphatic heterocycles. The number of pyridine rings is 1. The van der Waals surface area contributed by atoms with Gasteiger partial charge in [-0.3, -0.25) is 4.98 Å². The third-order valence-electron chi connectivity index (χ3n) is 3.36. The van der Waals surface area contributed by atoms with Gasteiger partial charge in [0, 0.05) is 25.0 Å². The molecule has 1 aromatic carbocycles. The molecule has 0 unspecified atom stereocenters. The summed E-state index contributed by atoms with van der Waals surface area (Å²) in [6.07, 6.45) is 3.28. The number of hydrogen-bond donors (Lipinski definition) is 0. The van der Waals surface area contributed by atoms with Crippen LogP contribution in [-0.2, 0) is 7.05 Å². The van der Waals surface area contributed by atoms with Crippen molar-refractivity contribution >= 4 is 11.0 Å².